The number of nitrogens with zero attached hydrogens (tertiary/aromatic N) is 1. The number of hydrazone groups is 1. The molecule has 0 saturated heterocycles. The molecule has 0 aliphatic carbocycles. The standard InChI is InChI=1S/C24H22Br2N2O2/c1-16-8-9-20(17(2)10-16)13-23(29)28-27-14-19-11-21(25)24(22(26)12-19)30-15-18-6-4-3-5-7-18/h3-12,14H,13,15H2,1-2H3,(H,28,29)/b27-14+. The van der Waals surface area contributed by atoms with Gasteiger partial charge < -0.3 is 4.74 Å². The summed E-state index contributed by atoms with van der Waals surface area (Å²) in [5.41, 5.74) is 7.79. The van der Waals surface area contributed by atoms with Crippen molar-refractivity contribution >= 4 is 44.0 Å². The predicted octanol–water partition coefficient (Wildman–Crippen LogP) is 6.10. The van der Waals surface area contributed by atoms with Crippen LogP contribution in [0, 0.1) is 13.8 Å². The number of carbonyl (C=O) groups is 1. The van der Waals surface area contributed by atoms with E-state index in [0.717, 1.165) is 36.9 Å². The van der Waals surface area contributed by atoms with Gasteiger partial charge in [0.25, 0.3) is 0 Å². The molecule has 1 amide bonds. The lowest BCUT2D eigenvalue weighted by molar-refractivity contribution is -0.120. The van der Waals surface area contributed by atoms with Gasteiger partial charge in [0.2, 0.25) is 5.91 Å². The van der Waals surface area contributed by atoms with Gasteiger partial charge >= 0.3 is 0 Å². The Morgan fingerprint density at radius 3 is 2.40 bits per heavy atom. The number of benzene rings is 3. The van der Waals surface area contributed by atoms with Crippen LogP contribution in [-0.2, 0) is 17.8 Å². The third-order valence-corrected chi connectivity index (χ3v) is 5.68. The molecule has 3 aromatic rings. The first-order valence-electron chi connectivity index (χ1n) is 9.46. The molecule has 6 heteroatoms. The average Bonchev–Trinajstić information content (AvgIpc) is 2.70. The van der Waals surface area contributed by atoms with Gasteiger partial charge in [0.05, 0.1) is 21.6 Å². The van der Waals surface area contributed by atoms with Gasteiger partial charge in [0.1, 0.15) is 12.4 Å². The molecule has 0 unspecified atom stereocenters. The summed E-state index contributed by atoms with van der Waals surface area (Å²) in [4.78, 5) is 12.2. The molecule has 0 heterocycles. The number of nitrogens with one attached hydrogen (secondary N) is 1. The normalized spacial score (nSPS) is 10.9. The Kier molecular flexibility index (Phi) is 7.82. The summed E-state index contributed by atoms with van der Waals surface area (Å²) < 4.78 is 7.53. The number of aryl methyl sites for hydroxylation is 2. The molecule has 154 valence electrons. The summed E-state index contributed by atoms with van der Waals surface area (Å²) in [7, 11) is 0. The summed E-state index contributed by atoms with van der Waals surface area (Å²) in [6.07, 6.45) is 1.90. The lowest BCUT2D eigenvalue weighted by atomic mass is 10.0. The maximum absolute atomic E-state index is 12.2. The van der Waals surface area contributed by atoms with E-state index >= 15 is 0 Å². The fourth-order valence-corrected chi connectivity index (χ4v) is 4.41. The molecule has 0 fully saturated rings. The van der Waals surface area contributed by atoms with Gasteiger partial charge in [-0.05, 0) is 80.1 Å². The van der Waals surface area contributed by atoms with E-state index in [-0.39, 0.29) is 5.91 Å². The van der Waals surface area contributed by atoms with E-state index in [4.69, 9.17) is 4.74 Å². The summed E-state index contributed by atoms with van der Waals surface area (Å²) in [5.74, 6) is 0.564. The van der Waals surface area contributed by atoms with Gasteiger partial charge in [-0.25, -0.2) is 5.43 Å². The Bertz CT molecular complexity index is 1040. The number of ether oxygens (including phenoxy) is 1. The molecule has 0 saturated carbocycles. The highest BCUT2D eigenvalue weighted by Gasteiger charge is 2.09. The zero-order valence-corrected chi connectivity index (χ0v) is 20.0. The van der Waals surface area contributed by atoms with Crippen LogP contribution < -0.4 is 10.2 Å². The van der Waals surface area contributed by atoms with Crippen molar-refractivity contribution in [3.05, 3.63) is 97.4 Å². The number of hydrogen-bond donors (Lipinski definition) is 1. The van der Waals surface area contributed by atoms with Crippen molar-refractivity contribution in [1.82, 2.24) is 5.43 Å². The topological polar surface area (TPSA) is 50.7 Å². The Morgan fingerprint density at radius 1 is 1.03 bits per heavy atom. The van der Waals surface area contributed by atoms with E-state index in [1.807, 2.05) is 68.4 Å². The van der Waals surface area contributed by atoms with Crippen molar-refractivity contribution in [2.75, 3.05) is 0 Å². The van der Waals surface area contributed by atoms with E-state index in [9.17, 15) is 4.79 Å². The van der Waals surface area contributed by atoms with Crippen LogP contribution in [0.3, 0.4) is 0 Å². The second-order valence-corrected chi connectivity index (χ2v) is 8.70. The SMILES string of the molecule is Cc1ccc(CC(=O)N/N=C/c2cc(Br)c(OCc3ccccc3)c(Br)c2)c(C)c1. The Balaban J connectivity index is 1.59. The monoisotopic (exact) mass is 528 g/mol. The van der Waals surface area contributed by atoms with Crippen molar-refractivity contribution < 1.29 is 9.53 Å². The smallest absolute Gasteiger partial charge is 0.244 e. The first kappa shape index (κ1) is 22.2. The molecule has 0 aliphatic heterocycles. The summed E-state index contributed by atoms with van der Waals surface area (Å²) in [5, 5.41) is 4.08. The number of hydrogen-bond acceptors (Lipinski definition) is 3. The number of rotatable bonds is 7. The minimum Gasteiger partial charge on any atom is -0.487 e. The first-order chi connectivity index (χ1) is 14.4. The molecular formula is C24H22Br2N2O2. The maximum Gasteiger partial charge on any atom is 0.244 e. The molecule has 0 aromatic heterocycles. The lowest BCUT2D eigenvalue weighted by Gasteiger charge is -2.11. The predicted molar refractivity (Wildman–Crippen MR) is 128 cm³/mol. The Labute approximate surface area is 193 Å². The van der Waals surface area contributed by atoms with E-state index in [1.165, 1.54) is 5.56 Å². The van der Waals surface area contributed by atoms with Gasteiger partial charge in [-0.1, -0.05) is 54.1 Å². The second-order valence-electron chi connectivity index (χ2n) is 6.99. The van der Waals surface area contributed by atoms with Gasteiger partial charge in [-0.15, -0.1) is 0 Å². The van der Waals surface area contributed by atoms with E-state index in [1.54, 1.807) is 6.21 Å². The van der Waals surface area contributed by atoms with Crippen LogP contribution in [0.25, 0.3) is 0 Å². The average molecular weight is 530 g/mol. The zero-order valence-electron chi connectivity index (χ0n) is 16.8. The first-order valence-corrected chi connectivity index (χ1v) is 11.0. The summed E-state index contributed by atoms with van der Waals surface area (Å²) >= 11 is 7.09. The Hall–Kier alpha value is -2.44. The molecule has 30 heavy (non-hydrogen) atoms. The summed E-state index contributed by atoms with van der Waals surface area (Å²) in [6.45, 7) is 4.52. The highest BCUT2D eigenvalue weighted by molar-refractivity contribution is 9.11. The molecule has 3 aromatic carbocycles. The van der Waals surface area contributed by atoms with Gasteiger partial charge in [-0.3, -0.25) is 4.79 Å². The van der Waals surface area contributed by atoms with Crippen molar-refractivity contribution in [2.24, 2.45) is 5.10 Å². The highest BCUT2D eigenvalue weighted by atomic mass is 79.9. The van der Waals surface area contributed by atoms with Crippen molar-refractivity contribution in [3.8, 4) is 5.75 Å². The van der Waals surface area contributed by atoms with Crippen LogP contribution in [0.15, 0.2) is 74.7 Å². The third-order valence-electron chi connectivity index (χ3n) is 4.50. The van der Waals surface area contributed by atoms with E-state index in [2.05, 4.69) is 48.5 Å². The van der Waals surface area contributed by atoms with Crippen molar-refractivity contribution in [3.63, 3.8) is 0 Å². The number of amides is 1. The van der Waals surface area contributed by atoms with Gasteiger partial charge in [0, 0.05) is 0 Å². The van der Waals surface area contributed by atoms with Gasteiger partial charge in [0.15, 0.2) is 0 Å². The molecular weight excluding hydrogens is 508 g/mol. The fraction of sp³-hybridized carbons (Fsp3) is 0.167. The largest absolute Gasteiger partial charge is 0.487 e. The molecule has 0 bridgehead atoms. The summed E-state index contributed by atoms with van der Waals surface area (Å²) in [6, 6.07) is 19.8. The quantitative estimate of drug-likeness (QED) is 0.297. The van der Waals surface area contributed by atoms with Gasteiger partial charge in [-0.2, -0.15) is 5.10 Å². The van der Waals surface area contributed by atoms with E-state index in [0.29, 0.717) is 13.0 Å². The Morgan fingerprint density at radius 2 is 1.73 bits per heavy atom. The second kappa shape index (κ2) is 10.5. The van der Waals surface area contributed by atoms with Crippen LogP contribution in [-0.4, -0.2) is 12.1 Å². The van der Waals surface area contributed by atoms with Crippen LogP contribution in [0.4, 0.5) is 0 Å². The van der Waals surface area contributed by atoms with Crippen molar-refractivity contribution in [1.29, 1.82) is 0 Å². The van der Waals surface area contributed by atoms with Crippen LogP contribution in [0.5, 0.6) is 5.75 Å². The molecule has 0 atom stereocenters. The number of halogens is 2. The minimum absolute atomic E-state index is 0.154. The van der Waals surface area contributed by atoms with E-state index < -0.39 is 0 Å². The maximum atomic E-state index is 12.2. The molecule has 0 radical (unpaired) electrons. The van der Waals surface area contributed by atoms with Crippen LogP contribution in [0.1, 0.15) is 27.8 Å². The molecule has 1 N–H and O–H groups in total. The fourth-order valence-electron chi connectivity index (χ4n) is 2.96. The molecule has 0 aliphatic rings. The zero-order chi connectivity index (χ0) is 21.5. The number of carbonyl (C=O) groups excluding carboxylic acids is 1. The molecule has 0 spiro atoms. The molecule has 3 rings (SSSR count). The molecule has 4 nitrogen and oxygen atoms in total. The highest BCUT2D eigenvalue weighted by Crippen LogP contribution is 2.35. The lowest BCUT2D eigenvalue weighted by Crippen LogP contribution is -2.20. The third kappa shape index (κ3) is 6.28. The van der Waals surface area contributed by atoms with Crippen molar-refractivity contribution in [2.45, 2.75) is 26.9 Å². The van der Waals surface area contributed by atoms with Crippen LogP contribution >= 0.6 is 31.9 Å². The minimum atomic E-state index is -0.154. The van der Waals surface area contributed by atoms with Crippen LogP contribution in [0.2, 0.25) is 0 Å².